The number of carbonyl (C=O) groups is 1. The molecule has 1 atom stereocenters. The first kappa shape index (κ1) is 14.3. The zero-order chi connectivity index (χ0) is 14.8. The van der Waals surface area contributed by atoms with E-state index in [2.05, 4.69) is 5.32 Å². The number of nitrogens with one attached hydrogen (secondary N) is 1. The van der Waals surface area contributed by atoms with Gasteiger partial charge in [0, 0.05) is 24.7 Å². The largest absolute Gasteiger partial charge is 0.508 e. The van der Waals surface area contributed by atoms with E-state index in [9.17, 15) is 14.3 Å². The van der Waals surface area contributed by atoms with Gasteiger partial charge in [0.25, 0.3) is 5.91 Å². The minimum atomic E-state index is -0.651. The van der Waals surface area contributed by atoms with Crippen LogP contribution in [-0.2, 0) is 0 Å². The van der Waals surface area contributed by atoms with Crippen LogP contribution in [0.5, 0.6) is 5.75 Å². The molecule has 1 unspecified atom stereocenters. The lowest BCUT2D eigenvalue weighted by atomic mass is 10.0. The van der Waals surface area contributed by atoms with Gasteiger partial charge in [-0.1, -0.05) is 6.42 Å². The third kappa shape index (κ3) is 3.35. The third-order valence-electron chi connectivity index (χ3n) is 4.26. The molecular weight excluding hydrogens is 271 g/mol. The maximum Gasteiger partial charge on any atom is 0.257 e. The lowest BCUT2D eigenvalue weighted by Crippen LogP contribution is -2.46. The number of carbonyl (C=O) groups excluding carboxylic acids is 1. The van der Waals surface area contributed by atoms with Crippen LogP contribution in [0.1, 0.15) is 42.5 Å². The summed E-state index contributed by atoms with van der Waals surface area (Å²) in [6, 6.07) is 4.28. The van der Waals surface area contributed by atoms with Gasteiger partial charge in [-0.05, 0) is 44.4 Å². The smallest absolute Gasteiger partial charge is 0.257 e. The summed E-state index contributed by atoms with van der Waals surface area (Å²) in [5, 5.41) is 12.7. The van der Waals surface area contributed by atoms with Gasteiger partial charge < -0.3 is 15.3 Å². The number of rotatable bonds is 4. The number of hydrogen-bond donors (Lipinski definition) is 2. The number of phenolic OH excluding ortho intramolecular Hbond substituents is 1. The number of piperidine rings is 1. The maximum absolute atomic E-state index is 13.9. The van der Waals surface area contributed by atoms with Gasteiger partial charge in [-0.25, -0.2) is 4.39 Å². The standard InChI is InChI=1S/C16H21FN2O2/c17-15-9-13(20)6-7-14(15)16(21)19(12-4-5-12)10-11-3-1-2-8-18-11/h6-7,9,11-12,18,20H,1-5,8,10H2. The van der Waals surface area contributed by atoms with Crippen LogP contribution in [0.3, 0.4) is 0 Å². The Bertz CT molecular complexity index is 525. The number of halogens is 1. The average molecular weight is 292 g/mol. The van der Waals surface area contributed by atoms with Gasteiger partial charge >= 0.3 is 0 Å². The second-order valence-electron chi connectivity index (χ2n) is 6.00. The minimum absolute atomic E-state index is 0.0514. The van der Waals surface area contributed by atoms with Crippen molar-refractivity contribution in [2.24, 2.45) is 0 Å². The highest BCUT2D eigenvalue weighted by molar-refractivity contribution is 5.95. The molecule has 0 bridgehead atoms. The van der Waals surface area contributed by atoms with Gasteiger partial charge in [0.1, 0.15) is 11.6 Å². The molecule has 1 amide bonds. The van der Waals surface area contributed by atoms with Gasteiger partial charge in [-0.3, -0.25) is 4.79 Å². The molecular formula is C16H21FN2O2. The molecule has 0 spiro atoms. The summed E-state index contributed by atoms with van der Waals surface area (Å²) in [7, 11) is 0. The summed E-state index contributed by atoms with van der Waals surface area (Å²) in [5.74, 6) is -1.07. The monoisotopic (exact) mass is 292 g/mol. The van der Waals surface area contributed by atoms with E-state index in [0.717, 1.165) is 31.9 Å². The van der Waals surface area contributed by atoms with E-state index in [1.54, 1.807) is 4.90 Å². The van der Waals surface area contributed by atoms with E-state index in [-0.39, 0.29) is 23.3 Å². The van der Waals surface area contributed by atoms with Crippen molar-refractivity contribution in [1.29, 1.82) is 0 Å². The normalized spacial score (nSPS) is 22.0. The zero-order valence-electron chi connectivity index (χ0n) is 12.0. The first-order valence-electron chi connectivity index (χ1n) is 7.68. The SMILES string of the molecule is O=C(c1ccc(O)cc1F)N(CC1CCCCN1)C1CC1. The Kier molecular flexibility index (Phi) is 4.10. The van der Waals surface area contributed by atoms with Crippen LogP contribution in [-0.4, -0.2) is 41.1 Å². The highest BCUT2D eigenvalue weighted by Crippen LogP contribution is 2.30. The fourth-order valence-electron chi connectivity index (χ4n) is 2.93. The number of amides is 1. The van der Waals surface area contributed by atoms with E-state index < -0.39 is 5.82 Å². The second-order valence-corrected chi connectivity index (χ2v) is 6.00. The second kappa shape index (κ2) is 6.02. The Morgan fingerprint density at radius 1 is 1.33 bits per heavy atom. The fraction of sp³-hybridized carbons (Fsp3) is 0.562. The van der Waals surface area contributed by atoms with Gasteiger partial charge in [-0.15, -0.1) is 0 Å². The van der Waals surface area contributed by atoms with E-state index >= 15 is 0 Å². The Labute approximate surface area is 124 Å². The molecule has 2 aliphatic rings. The molecule has 1 aliphatic carbocycles. The average Bonchev–Trinajstić information content (AvgIpc) is 3.30. The van der Waals surface area contributed by atoms with Crippen LogP contribution in [0.4, 0.5) is 4.39 Å². The molecule has 1 aliphatic heterocycles. The van der Waals surface area contributed by atoms with E-state index in [4.69, 9.17) is 0 Å². The maximum atomic E-state index is 13.9. The van der Waals surface area contributed by atoms with Crippen molar-refractivity contribution in [1.82, 2.24) is 10.2 Å². The molecule has 1 aromatic rings. The van der Waals surface area contributed by atoms with Crippen molar-refractivity contribution < 1.29 is 14.3 Å². The van der Waals surface area contributed by atoms with Crippen LogP contribution >= 0.6 is 0 Å². The predicted molar refractivity (Wildman–Crippen MR) is 77.8 cm³/mol. The number of benzene rings is 1. The Balaban J connectivity index is 1.75. The zero-order valence-corrected chi connectivity index (χ0v) is 12.0. The van der Waals surface area contributed by atoms with Crippen molar-refractivity contribution in [3.05, 3.63) is 29.6 Å². The first-order valence-corrected chi connectivity index (χ1v) is 7.68. The molecule has 1 aromatic carbocycles. The Morgan fingerprint density at radius 3 is 2.76 bits per heavy atom. The Morgan fingerprint density at radius 2 is 2.14 bits per heavy atom. The van der Waals surface area contributed by atoms with Crippen molar-refractivity contribution in [3.8, 4) is 5.75 Å². The molecule has 21 heavy (non-hydrogen) atoms. The molecule has 114 valence electrons. The Hall–Kier alpha value is -1.62. The van der Waals surface area contributed by atoms with Crippen molar-refractivity contribution in [3.63, 3.8) is 0 Å². The van der Waals surface area contributed by atoms with Crippen LogP contribution < -0.4 is 5.32 Å². The highest BCUT2D eigenvalue weighted by Gasteiger charge is 2.35. The number of hydrogen-bond acceptors (Lipinski definition) is 3. The predicted octanol–water partition coefficient (Wildman–Crippen LogP) is 2.28. The van der Waals surface area contributed by atoms with Gasteiger partial charge in [0.05, 0.1) is 5.56 Å². The van der Waals surface area contributed by atoms with Crippen molar-refractivity contribution in [2.45, 2.75) is 44.2 Å². The third-order valence-corrected chi connectivity index (χ3v) is 4.26. The van der Waals surface area contributed by atoms with Gasteiger partial charge in [-0.2, -0.15) is 0 Å². The summed E-state index contributed by atoms with van der Waals surface area (Å²) in [4.78, 5) is 14.4. The molecule has 2 fully saturated rings. The number of phenols is 1. The molecule has 3 rings (SSSR count). The minimum Gasteiger partial charge on any atom is -0.508 e. The molecule has 5 heteroatoms. The lowest BCUT2D eigenvalue weighted by Gasteiger charge is -2.31. The van der Waals surface area contributed by atoms with Crippen LogP contribution in [0.2, 0.25) is 0 Å². The summed E-state index contributed by atoms with van der Waals surface area (Å²) in [5.41, 5.74) is 0.0514. The highest BCUT2D eigenvalue weighted by atomic mass is 19.1. The molecule has 1 saturated carbocycles. The van der Waals surface area contributed by atoms with Crippen molar-refractivity contribution in [2.75, 3.05) is 13.1 Å². The molecule has 4 nitrogen and oxygen atoms in total. The first-order chi connectivity index (χ1) is 10.1. The summed E-state index contributed by atoms with van der Waals surface area (Å²) >= 11 is 0. The van der Waals surface area contributed by atoms with Crippen LogP contribution in [0, 0.1) is 5.82 Å². The van der Waals surface area contributed by atoms with Crippen LogP contribution in [0.15, 0.2) is 18.2 Å². The van der Waals surface area contributed by atoms with E-state index in [0.29, 0.717) is 12.6 Å². The molecule has 1 saturated heterocycles. The fourth-order valence-corrected chi connectivity index (χ4v) is 2.93. The molecule has 0 aromatic heterocycles. The lowest BCUT2D eigenvalue weighted by molar-refractivity contribution is 0.0713. The van der Waals surface area contributed by atoms with Gasteiger partial charge in [0.2, 0.25) is 0 Å². The number of aromatic hydroxyl groups is 1. The van der Waals surface area contributed by atoms with Crippen LogP contribution in [0.25, 0.3) is 0 Å². The van der Waals surface area contributed by atoms with E-state index in [1.807, 2.05) is 0 Å². The molecule has 1 heterocycles. The number of nitrogens with zero attached hydrogens (tertiary/aromatic N) is 1. The summed E-state index contributed by atoms with van der Waals surface area (Å²) < 4.78 is 13.9. The van der Waals surface area contributed by atoms with Crippen molar-refractivity contribution >= 4 is 5.91 Å². The molecule has 0 radical (unpaired) electrons. The summed E-state index contributed by atoms with van der Waals surface area (Å²) in [6.07, 6.45) is 5.42. The quantitative estimate of drug-likeness (QED) is 0.895. The molecule has 2 N–H and O–H groups in total. The van der Waals surface area contributed by atoms with E-state index in [1.165, 1.54) is 25.0 Å². The van der Waals surface area contributed by atoms with Gasteiger partial charge in [0.15, 0.2) is 0 Å². The topological polar surface area (TPSA) is 52.6 Å². The summed E-state index contributed by atoms with van der Waals surface area (Å²) in [6.45, 7) is 1.63.